The Morgan fingerprint density at radius 3 is 2.76 bits per heavy atom. The third-order valence-corrected chi connectivity index (χ3v) is 7.20. The van der Waals surface area contributed by atoms with Crippen LogP contribution in [0.3, 0.4) is 0 Å². The summed E-state index contributed by atoms with van der Waals surface area (Å²) in [6, 6.07) is 7.02. The molecule has 1 aromatic carbocycles. The van der Waals surface area contributed by atoms with Crippen molar-refractivity contribution in [3.63, 3.8) is 0 Å². The van der Waals surface area contributed by atoms with E-state index in [0.717, 1.165) is 37.3 Å². The van der Waals surface area contributed by atoms with E-state index in [0.29, 0.717) is 31.7 Å². The van der Waals surface area contributed by atoms with Gasteiger partial charge in [-0.15, -0.1) is 0 Å². The number of nitrogens with zero attached hydrogens (tertiary/aromatic N) is 6. The maximum Gasteiger partial charge on any atom is 0.219 e. The predicted molar refractivity (Wildman–Crippen MR) is 125 cm³/mol. The van der Waals surface area contributed by atoms with Crippen LogP contribution >= 0.6 is 0 Å². The van der Waals surface area contributed by atoms with Gasteiger partial charge in [-0.1, -0.05) is 13.0 Å². The van der Waals surface area contributed by atoms with Crippen molar-refractivity contribution in [2.45, 2.75) is 39.3 Å². The zero-order valence-corrected chi connectivity index (χ0v) is 19.5. The van der Waals surface area contributed by atoms with Gasteiger partial charge in [0.1, 0.15) is 0 Å². The van der Waals surface area contributed by atoms with Crippen molar-refractivity contribution in [3.8, 4) is 11.1 Å². The first-order valence-electron chi connectivity index (χ1n) is 11.8. The standard InChI is InChI=1S/C25H30N6O2/c1-16-8-19-9-18(20-10-26-28(3)12-20)4-5-23(19)30(11-16)25-22-13-29(17(2)32)7-6-24(22)31(27-25)21-14-33-15-21/h4-5,9-10,12,16,21H,6-8,11,13-15H2,1-3H3. The van der Waals surface area contributed by atoms with Crippen molar-refractivity contribution in [2.24, 2.45) is 13.0 Å². The number of ether oxygens (including phenoxy) is 1. The SMILES string of the molecule is CC(=O)N1CCc2c(c(N3CC(C)Cc4cc(-c5cnn(C)c5)ccc43)nn2C2COC2)C1. The Morgan fingerprint density at radius 2 is 2.06 bits per heavy atom. The molecule has 5 heterocycles. The van der Waals surface area contributed by atoms with Gasteiger partial charge in [-0.05, 0) is 35.6 Å². The first-order valence-corrected chi connectivity index (χ1v) is 11.8. The summed E-state index contributed by atoms with van der Waals surface area (Å²) in [5, 5.41) is 9.50. The fourth-order valence-electron chi connectivity index (χ4n) is 5.39. The zero-order valence-electron chi connectivity index (χ0n) is 19.5. The van der Waals surface area contributed by atoms with Crippen molar-refractivity contribution in [1.82, 2.24) is 24.5 Å². The van der Waals surface area contributed by atoms with Crippen LogP contribution in [0.15, 0.2) is 30.6 Å². The number of fused-ring (bicyclic) bond motifs is 2. The van der Waals surface area contributed by atoms with Crippen LogP contribution in [-0.2, 0) is 36.0 Å². The van der Waals surface area contributed by atoms with Crippen LogP contribution in [0, 0.1) is 5.92 Å². The summed E-state index contributed by atoms with van der Waals surface area (Å²) >= 11 is 0. The fraction of sp³-hybridized carbons (Fsp3) is 0.480. The first kappa shape index (κ1) is 20.5. The third kappa shape index (κ3) is 3.44. The summed E-state index contributed by atoms with van der Waals surface area (Å²) in [5.41, 5.74) is 7.34. The molecule has 3 aromatic rings. The molecule has 1 atom stereocenters. The van der Waals surface area contributed by atoms with Crippen molar-refractivity contribution in [3.05, 3.63) is 47.4 Å². The van der Waals surface area contributed by atoms with Gasteiger partial charge in [0, 0.05) is 62.2 Å². The van der Waals surface area contributed by atoms with Gasteiger partial charge < -0.3 is 14.5 Å². The molecule has 0 bridgehead atoms. The molecule has 2 aromatic heterocycles. The number of anilines is 2. The van der Waals surface area contributed by atoms with Gasteiger partial charge >= 0.3 is 0 Å². The number of rotatable bonds is 3. The van der Waals surface area contributed by atoms with Gasteiger partial charge in [0.05, 0.1) is 32.0 Å². The monoisotopic (exact) mass is 446 g/mol. The van der Waals surface area contributed by atoms with Gasteiger partial charge in [-0.25, -0.2) is 0 Å². The second kappa shape index (κ2) is 7.73. The lowest BCUT2D eigenvalue weighted by atomic mass is 9.91. The highest BCUT2D eigenvalue weighted by Gasteiger charge is 2.35. The molecule has 3 aliphatic rings. The number of aromatic nitrogens is 4. The minimum Gasteiger partial charge on any atom is -0.377 e. The number of benzene rings is 1. The number of carbonyl (C=O) groups is 1. The van der Waals surface area contributed by atoms with Crippen molar-refractivity contribution in [1.29, 1.82) is 0 Å². The molecule has 6 rings (SSSR count). The van der Waals surface area contributed by atoms with E-state index in [9.17, 15) is 4.79 Å². The van der Waals surface area contributed by atoms with Gasteiger partial charge in [0.2, 0.25) is 5.91 Å². The first-order chi connectivity index (χ1) is 16.0. The topological polar surface area (TPSA) is 68.4 Å². The molecule has 1 fully saturated rings. The number of hydrogen-bond acceptors (Lipinski definition) is 5. The molecule has 8 heteroatoms. The fourth-order valence-corrected chi connectivity index (χ4v) is 5.39. The molecule has 1 saturated heterocycles. The van der Waals surface area contributed by atoms with Crippen LogP contribution in [0.4, 0.5) is 11.5 Å². The van der Waals surface area contributed by atoms with Crippen LogP contribution in [0.25, 0.3) is 11.1 Å². The lowest BCUT2D eigenvalue weighted by Crippen LogP contribution is -2.37. The summed E-state index contributed by atoms with van der Waals surface area (Å²) in [4.78, 5) is 16.5. The van der Waals surface area contributed by atoms with Crippen molar-refractivity contribution < 1.29 is 9.53 Å². The van der Waals surface area contributed by atoms with Gasteiger partial charge in [0.15, 0.2) is 5.82 Å². The van der Waals surface area contributed by atoms with E-state index >= 15 is 0 Å². The number of hydrogen-bond donors (Lipinski definition) is 0. The lowest BCUT2D eigenvalue weighted by molar-refractivity contribution is -0.129. The normalized spacial score (nSPS) is 20.4. The molecule has 0 radical (unpaired) electrons. The Bertz CT molecular complexity index is 1220. The summed E-state index contributed by atoms with van der Waals surface area (Å²) < 4.78 is 9.51. The molecular weight excluding hydrogens is 416 g/mol. The van der Waals surface area contributed by atoms with E-state index < -0.39 is 0 Å². The summed E-state index contributed by atoms with van der Waals surface area (Å²) in [6.07, 6.45) is 5.86. The highest BCUT2D eigenvalue weighted by atomic mass is 16.5. The van der Waals surface area contributed by atoms with E-state index in [-0.39, 0.29) is 5.91 Å². The largest absolute Gasteiger partial charge is 0.377 e. The Hall–Kier alpha value is -3.13. The highest BCUT2D eigenvalue weighted by Crippen LogP contribution is 2.41. The van der Waals surface area contributed by atoms with Crippen LogP contribution in [0.2, 0.25) is 0 Å². The average Bonchev–Trinajstić information content (AvgIpc) is 3.35. The maximum absolute atomic E-state index is 12.2. The van der Waals surface area contributed by atoms with Crippen LogP contribution in [-0.4, -0.2) is 56.7 Å². The molecule has 33 heavy (non-hydrogen) atoms. The molecule has 1 amide bonds. The third-order valence-electron chi connectivity index (χ3n) is 7.20. The molecule has 0 N–H and O–H groups in total. The van der Waals surface area contributed by atoms with E-state index in [1.54, 1.807) is 6.92 Å². The van der Waals surface area contributed by atoms with Gasteiger partial charge in [0.25, 0.3) is 0 Å². The second-order valence-corrected chi connectivity index (χ2v) is 9.74. The van der Waals surface area contributed by atoms with E-state index in [1.807, 2.05) is 22.8 Å². The van der Waals surface area contributed by atoms with Gasteiger partial charge in [-0.2, -0.15) is 10.2 Å². The Balaban J connectivity index is 1.44. The minimum atomic E-state index is 0.125. The van der Waals surface area contributed by atoms with Crippen LogP contribution in [0.5, 0.6) is 0 Å². The molecule has 1 unspecified atom stereocenters. The second-order valence-electron chi connectivity index (χ2n) is 9.74. The Morgan fingerprint density at radius 1 is 1.21 bits per heavy atom. The molecular formula is C25H30N6O2. The predicted octanol–water partition coefficient (Wildman–Crippen LogP) is 3.09. The molecule has 8 nitrogen and oxygen atoms in total. The van der Waals surface area contributed by atoms with Crippen molar-refractivity contribution >= 4 is 17.4 Å². The highest BCUT2D eigenvalue weighted by molar-refractivity contribution is 5.76. The molecule has 0 spiro atoms. The van der Waals surface area contributed by atoms with Crippen LogP contribution in [0.1, 0.15) is 36.7 Å². The molecule has 3 aliphatic heterocycles. The molecule has 0 aliphatic carbocycles. The quantitative estimate of drug-likeness (QED) is 0.619. The Kier molecular flexibility index (Phi) is 4.79. The van der Waals surface area contributed by atoms with E-state index in [2.05, 4.69) is 46.0 Å². The molecule has 0 saturated carbocycles. The average molecular weight is 447 g/mol. The van der Waals surface area contributed by atoms with Crippen LogP contribution < -0.4 is 4.90 Å². The summed E-state index contributed by atoms with van der Waals surface area (Å²) in [5.74, 6) is 1.63. The number of carbonyl (C=O) groups excluding carboxylic acids is 1. The smallest absolute Gasteiger partial charge is 0.219 e. The van der Waals surface area contributed by atoms with Gasteiger partial charge in [-0.3, -0.25) is 14.2 Å². The minimum absolute atomic E-state index is 0.125. The summed E-state index contributed by atoms with van der Waals surface area (Å²) in [7, 11) is 1.95. The van der Waals surface area contributed by atoms with E-state index in [1.165, 1.54) is 28.1 Å². The molecule has 172 valence electrons. The maximum atomic E-state index is 12.2. The lowest BCUT2D eigenvalue weighted by Gasteiger charge is -2.35. The zero-order chi connectivity index (χ0) is 22.7. The number of amides is 1. The van der Waals surface area contributed by atoms with E-state index in [4.69, 9.17) is 9.84 Å². The summed E-state index contributed by atoms with van der Waals surface area (Å²) in [6.45, 7) is 7.69. The Labute approximate surface area is 193 Å². The number of aryl methyl sites for hydroxylation is 1. The van der Waals surface area contributed by atoms with Crippen molar-refractivity contribution in [2.75, 3.05) is 31.2 Å².